The quantitative estimate of drug-likeness (QED) is 0.288. The monoisotopic (exact) mass is 317 g/mol. The topological polar surface area (TPSA) is 40.2 Å². The zero-order chi connectivity index (χ0) is 16.6. The van der Waals surface area contributed by atoms with Crippen molar-refractivity contribution in [1.29, 1.82) is 0 Å². The number of benzene rings is 1. The lowest BCUT2D eigenvalue weighted by atomic mass is 10.1. The van der Waals surface area contributed by atoms with Crippen LogP contribution in [0.4, 0.5) is 27.6 Å². The van der Waals surface area contributed by atoms with Gasteiger partial charge in [0.05, 0.1) is 5.71 Å². The largest absolute Gasteiger partial charge is 0.364 e. The summed E-state index contributed by atoms with van der Waals surface area (Å²) in [6.07, 6.45) is 1.71. The maximum absolute atomic E-state index is 13.5. The first-order valence-electron chi connectivity index (χ1n) is 6.22. The molecule has 0 saturated carbocycles. The number of nitrogens with one attached hydrogen (secondary N) is 2. The van der Waals surface area contributed by atoms with Crippen LogP contribution in [-0.4, -0.2) is 10.7 Å². The van der Waals surface area contributed by atoms with Crippen LogP contribution in [0.3, 0.4) is 0 Å². The van der Waals surface area contributed by atoms with E-state index in [4.69, 9.17) is 0 Å². The Hall–Kier alpha value is -2.38. The Morgan fingerprint density at radius 3 is 1.91 bits per heavy atom. The number of aromatic nitrogens is 1. The van der Waals surface area contributed by atoms with E-state index in [2.05, 4.69) is 10.1 Å². The number of aryl methyl sites for hydroxylation is 2. The number of hydrazone groups is 1. The van der Waals surface area contributed by atoms with Crippen molar-refractivity contribution in [3.63, 3.8) is 0 Å². The summed E-state index contributed by atoms with van der Waals surface area (Å²) in [5, 5.41) is 3.70. The second-order valence-electron chi connectivity index (χ2n) is 4.73. The Bertz CT molecular complexity index is 716. The molecule has 8 heteroatoms. The van der Waals surface area contributed by atoms with E-state index in [1.807, 2.05) is 5.43 Å². The van der Waals surface area contributed by atoms with Crippen LogP contribution in [0.25, 0.3) is 0 Å². The Morgan fingerprint density at radius 2 is 1.45 bits per heavy atom. The Labute approximate surface area is 122 Å². The number of H-pyrrole nitrogens is 1. The van der Waals surface area contributed by atoms with Crippen molar-refractivity contribution in [2.75, 3.05) is 5.43 Å². The van der Waals surface area contributed by atoms with Crippen molar-refractivity contribution in [2.24, 2.45) is 5.10 Å². The summed E-state index contributed by atoms with van der Waals surface area (Å²) in [7, 11) is 0. The lowest BCUT2D eigenvalue weighted by Crippen LogP contribution is -2.08. The van der Waals surface area contributed by atoms with Crippen molar-refractivity contribution >= 4 is 11.4 Å². The molecular formula is C14H12F5N3. The van der Waals surface area contributed by atoms with Crippen LogP contribution in [0, 0.1) is 42.9 Å². The maximum atomic E-state index is 13.5. The Morgan fingerprint density at radius 1 is 0.955 bits per heavy atom. The van der Waals surface area contributed by atoms with Gasteiger partial charge >= 0.3 is 0 Å². The lowest BCUT2D eigenvalue weighted by Gasteiger charge is -2.08. The van der Waals surface area contributed by atoms with E-state index in [0.717, 1.165) is 11.3 Å². The number of halogens is 5. The minimum atomic E-state index is -2.21. The van der Waals surface area contributed by atoms with Gasteiger partial charge < -0.3 is 4.98 Å². The Balaban J connectivity index is 2.42. The van der Waals surface area contributed by atoms with Gasteiger partial charge in [0.2, 0.25) is 5.82 Å². The van der Waals surface area contributed by atoms with Gasteiger partial charge in [-0.2, -0.15) is 5.10 Å². The van der Waals surface area contributed by atoms with Crippen molar-refractivity contribution in [3.05, 3.63) is 52.1 Å². The van der Waals surface area contributed by atoms with Crippen molar-refractivity contribution in [3.8, 4) is 0 Å². The predicted octanol–water partition coefficient (Wildman–Crippen LogP) is 4.16. The molecule has 0 unspecified atom stereocenters. The fourth-order valence-electron chi connectivity index (χ4n) is 2.11. The average Bonchev–Trinajstić information content (AvgIpc) is 2.82. The molecule has 1 aromatic carbocycles. The third-order valence-electron chi connectivity index (χ3n) is 3.18. The summed E-state index contributed by atoms with van der Waals surface area (Å²) < 4.78 is 66.1. The molecule has 1 aromatic heterocycles. The third kappa shape index (κ3) is 2.56. The van der Waals surface area contributed by atoms with Crippen LogP contribution in [0.15, 0.2) is 11.3 Å². The average molecular weight is 317 g/mol. The van der Waals surface area contributed by atoms with Crippen molar-refractivity contribution < 1.29 is 22.0 Å². The molecule has 0 radical (unpaired) electrons. The van der Waals surface area contributed by atoms with Gasteiger partial charge in [-0.15, -0.1) is 0 Å². The van der Waals surface area contributed by atoms with E-state index >= 15 is 0 Å². The van der Waals surface area contributed by atoms with E-state index in [-0.39, 0.29) is 0 Å². The van der Waals surface area contributed by atoms with E-state index in [1.165, 1.54) is 0 Å². The lowest BCUT2D eigenvalue weighted by molar-refractivity contribution is 0.381. The highest BCUT2D eigenvalue weighted by molar-refractivity contribution is 6.01. The highest BCUT2D eigenvalue weighted by Gasteiger charge is 2.25. The first-order valence-corrected chi connectivity index (χ1v) is 6.22. The number of rotatable bonds is 3. The summed E-state index contributed by atoms with van der Waals surface area (Å²) >= 11 is 0. The van der Waals surface area contributed by atoms with E-state index in [9.17, 15) is 22.0 Å². The van der Waals surface area contributed by atoms with Gasteiger partial charge in [-0.1, -0.05) is 0 Å². The number of anilines is 1. The first kappa shape index (κ1) is 16.0. The maximum Gasteiger partial charge on any atom is 0.200 e. The van der Waals surface area contributed by atoms with E-state index < -0.39 is 34.8 Å². The van der Waals surface area contributed by atoms with Gasteiger partial charge in [-0.3, -0.25) is 5.43 Å². The molecule has 0 aliphatic carbocycles. The van der Waals surface area contributed by atoms with Gasteiger partial charge in [0.15, 0.2) is 23.3 Å². The molecule has 0 aliphatic heterocycles. The number of hydrogen-bond acceptors (Lipinski definition) is 2. The molecule has 22 heavy (non-hydrogen) atoms. The molecule has 0 aliphatic rings. The van der Waals surface area contributed by atoms with Gasteiger partial charge in [0.1, 0.15) is 5.69 Å². The Kier molecular flexibility index (Phi) is 4.20. The van der Waals surface area contributed by atoms with Crippen LogP contribution in [0.1, 0.15) is 23.7 Å². The number of aromatic amines is 1. The van der Waals surface area contributed by atoms with Crippen molar-refractivity contribution in [2.45, 2.75) is 20.8 Å². The predicted molar refractivity (Wildman–Crippen MR) is 72.3 cm³/mol. The molecule has 0 amide bonds. The van der Waals surface area contributed by atoms with Crippen LogP contribution in [0.5, 0.6) is 0 Å². The minimum Gasteiger partial charge on any atom is -0.364 e. The minimum absolute atomic E-state index is 0.334. The molecule has 118 valence electrons. The van der Waals surface area contributed by atoms with Crippen LogP contribution >= 0.6 is 0 Å². The summed E-state index contributed by atoms with van der Waals surface area (Å²) in [5.41, 5.74) is 3.34. The third-order valence-corrected chi connectivity index (χ3v) is 3.18. The van der Waals surface area contributed by atoms with Gasteiger partial charge in [0, 0.05) is 17.5 Å². The molecule has 0 atom stereocenters. The SMILES string of the molecule is C/C(=N\Nc1c(F)c(F)c(F)c(F)c1F)c1c(C)c[nH]c1C. The summed E-state index contributed by atoms with van der Waals surface area (Å²) in [4.78, 5) is 2.94. The van der Waals surface area contributed by atoms with E-state index in [1.54, 1.807) is 27.0 Å². The molecule has 1 heterocycles. The number of nitrogens with zero attached hydrogens (tertiary/aromatic N) is 1. The molecule has 2 aromatic rings. The van der Waals surface area contributed by atoms with Crippen LogP contribution < -0.4 is 5.43 Å². The highest BCUT2D eigenvalue weighted by Crippen LogP contribution is 2.27. The first-order chi connectivity index (χ1) is 10.3. The molecule has 0 spiro atoms. The zero-order valence-corrected chi connectivity index (χ0v) is 11.9. The molecule has 0 bridgehead atoms. The molecule has 0 fully saturated rings. The standard InChI is InChI=1S/C14H12F5N3/c1-5-4-20-6(2)8(5)7(3)21-22-14-12(18)10(16)9(15)11(17)13(14)19/h4,20,22H,1-3H3/b21-7+. The normalized spacial score (nSPS) is 11.9. The summed E-state index contributed by atoms with van der Waals surface area (Å²) in [5.74, 6) is -10.2. The summed E-state index contributed by atoms with van der Waals surface area (Å²) in [6.45, 7) is 5.10. The second kappa shape index (κ2) is 5.78. The summed E-state index contributed by atoms with van der Waals surface area (Å²) in [6, 6.07) is 0. The molecular weight excluding hydrogens is 305 g/mol. The van der Waals surface area contributed by atoms with Crippen LogP contribution in [0.2, 0.25) is 0 Å². The van der Waals surface area contributed by atoms with E-state index in [0.29, 0.717) is 11.3 Å². The number of hydrogen-bond donors (Lipinski definition) is 2. The van der Waals surface area contributed by atoms with Crippen LogP contribution in [-0.2, 0) is 0 Å². The zero-order valence-electron chi connectivity index (χ0n) is 11.9. The molecule has 2 rings (SSSR count). The fraction of sp³-hybridized carbons (Fsp3) is 0.214. The van der Waals surface area contributed by atoms with Gasteiger partial charge in [0.25, 0.3) is 0 Å². The van der Waals surface area contributed by atoms with Gasteiger partial charge in [-0.05, 0) is 26.3 Å². The van der Waals surface area contributed by atoms with Crippen molar-refractivity contribution in [1.82, 2.24) is 4.98 Å². The molecule has 0 saturated heterocycles. The highest BCUT2D eigenvalue weighted by atomic mass is 19.2. The molecule has 2 N–H and O–H groups in total. The molecule has 3 nitrogen and oxygen atoms in total. The van der Waals surface area contributed by atoms with Gasteiger partial charge in [-0.25, -0.2) is 22.0 Å². The smallest absolute Gasteiger partial charge is 0.200 e. The fourth-order valence-corrected chi connectivity index (χ4v) is 2.11. The second-order valence-corrected chi connectivity index (χ2v) is 4.73.